The number of ether oxygens (including phenoxy) is 2. The van der Waals surface area contributed by atoms with E-state index in [9.17, 15) is 22.8 Å². The van der Waals surface area contributed by atoms with Gasteiger partial charge in [0.15, 0.2) is 0 Å². The molecule has 0 radical (unpaired) electrons. The molecule has 3 atom stereocenters. The van der Waals surface area contributed by atoms with Crippen LogP contribution in [0.5, 0.6) is 5.75 Å². The molecule has 0 fully saturated rings. The van der Waals surface area contributed by atoms with Crippen molar-refractivity contribution in [3.63, 3.8) is 0 Å². The molecule has 3 rings (SSSR count). The number of fused-ring (bicyclic) bond motifs is 1. The Morgan fingerprint density at radius 3 is 2.64 bits per heavy atom. The van der Waals surface area contributed by atoms with Crippen LogP contribution in [-0.4, -0.2) is 72.9 Å². The summed E-state index contributed by atoms with van der Waals surface area (Å²) in [7, 11) is -2.81. The number of amides is 1. The van der Waals surface area contributed by atoms with Crippen molar-refractivity contribution < 1.29 is 37.4 Å². The number of aromatic nitrogens is 2. The summed E-state index contributed by atoms with van der Waals surface area (Å²) in [5.74, 6) is -1.20. The zero-order valence-corrected chi connectivity index (χ0v) is 23.2. The molecule has 0 aliphatic rings. The molecular weight excluding hydrogens is 548 g/mol. The second-order valence-corrected chi connectivity index (χ2v) is 11.4. The van der Waals surface area contributed by atoms with Gasteiger partial charge in [0.1, 0.15) is 28.4 Å². The van der Waals surface area contributed by atoms with Crippen molar-refractivity contribution in [3.05, 3.63) is 48.8 Å². The molecule has 1 aromatic heterocycles. The molecule has 1 amide bonds. The molecule has 12 nitrogen and oxygen atoms in total. The fourth-order valence-corrected chi connectivity index (χ4v) is 6.25. The van der Waals surface area contributed by atoms with Crippen molar-refractivity contribution in [1.82, 2.24) is 14.3 Å². The Morgan fingerprint density at radius 1 is 1.23 bits per heavy atom. The van der Waals surface area contributed by atoms with Crippen molar-refractivity contribution in [3.8, 4) is 5.75 Å². The molecule has 0 aliphatic heterocycles. The number of aldehydes is 1. The van der Waals surface area contributed by atoms with Gasteiger partial charge in [-0.3, -0.25) is 9.59 Å². The molecule has 0 aliphatic carbocycles. The Bertz CT molecular complexity index is 1430. The molecule has 0 spiro atoms. The third-order valence-electron chi connectivity index (χ3n) is 5.46. The smallest absolute Gasteiger partial charge is 0.305 e. The first-order valence-electron chi connectivity index (χ1n) is 11.9. The molecular formula is C25H30N4O8S2. The average molecular weight is 579 g/mol. The number of nitrogens with one attached hydrogen (secondary N) is 2. The van der Waals surface area contributed by atoms with E-state index in [1.165, 1.54) is 36.9 Å². The van der Waals surface area contributed by atoms with Crippen molar-refractivity contribution in [2.75, 3.05) is 24.8 Å². The first-order valence-corrected chi connectivity index (χ1v) is 14.4. The van der Waals surface area contributed by atoms with Gasteiger partial charge < -0.3 is 29.3 Å². The lowest BCUT2D eigenvalue weighted by Crippen LogP contribution is -2.38. The van der Waals surface area contributed by atoms with Gasteiger partial charge in [0, 0.05) is 31.5 Å². The zero-order chi connectivity index (χ0) is 28.6. The maximum Gasteiger partial charge on any atom is 0.305 e. The Labute approximate surface area is 230 Å². The number of sulfonamides is 1. The zero-order valence-electron chi connectivity index (χ0n) is 21.6. The number of hydrogen-bond acceptors (Lipinski definition) is 9. The number of carboxylic acids is 1. The summed E-state index contributed by atoms with van der Waals surface area (Å²) in [6.07, 6.45) is 0.535. The molecule has 1 heterocycles. The van der Waals surface area contributed by atoms with Gasteiger partial charge in [-0.15, -0.1) is 11.8 Å². The summed E-state index contributed by atoms with van der Waals surface area (Å²) in [6, 6.07) is 10.0. The molecule has 39 heavy (non-hydrogen) atoms. The first kappa shape index (κ1) is 30.1. The number of benzene rings is 2. The van der Waals surface area contributed by atoms with Crippen LogP contribution >= 0.6 is 11.8 Å². The number of carbonyl (C=O) groups is 3. The van der Waals surface area contributed by atoms with E-state index >= 15 is 0 Å². The van der Waals surface area contributed by atoms with E-state index in [4.69, 9.17) is 14.6 Å². The minimum absolute atomic E-state index is 0.0945. The number of thioether (sulfide) groups is 1. The fourth-order valence-electron chi connectivity index (χ4n) is 3.81. The number of para-hydroxylation sites is 2. The second kappa shape index (κ2) is 13.6. The quantitative estimate of drug-likeness (QED) is 0.180. The Kier molecular flexibility index (Phi) is 10.5. The molecule has 0 saturated heterocycles. The number of carboxylic acid groups (broad SMARTS) is 1. The molecule has 210 valence electrons. The number of rotatable bonds is 15. The van der Waals surface area contributed by atoms with E-state index in [0.717, 1.165) is 11.0 Å². The van der Waals surface area contributed by atoms with E-state index in [1.54, 1.807) is 20.4 Å². The van der Waals surface area contributed by atoms with Crippen LogP contribution in [-0.2, 0) is 29.1 Å². The van der Waals surface area contributed by atoms with E-state index in [1.807, 2.05) is 28.8 Å². The van der Waals surface area contributed by atoms with Crippen LogP contribution in [0.15, 0.2) is 53.7 Å². The lowest BCUT2D eigenvalue weighted by Gasteiger charge is -2.27. The minimum Gasteiger partial charge on any atom is -0.486 e. The van der Waals surface area contributed by atoms with E-state index in [2.05, 4.69) is 15.0 Å². The number of hydrogen-bond donors (Lipinski definition) is 3. The molecule has 14 heteroatoms. The standard InChI is InChI=1S/C25H30N4O8S2/c1-16(25(38-11-10-36-3)29-15-26-20-6-4-5-7-21(20)29)37-22-12-18(27-17(2)31)8-9-23(22)39(34,35)28-19(14-30)13-24(32)33/h4-9,12,14-16,19,25,28H,10-11,13H2,1-3H3,(H,27,31)(H,32,33)/t16-,19?,25?/m1/s1. The van der Waals surface area contributed by atoms with Gasteiger partial charge in [0.25, 0.3) is 0 Å². The minimum atomic E-state index is -4.40. The lowest BCUT2D eigenvalue weighted by atomic mass is 10.2. The summed E-state index contributed by atoms with van der Waals surface area (Å²) in [4.78, 5) is 38.2. The van der Waals surface area contributed by atoms with Gasteiger partial charge in [0.2, 0.25) is 15.9 Å². The molecule has 3 N–H and O–H groups in total. The number of aliphatic carboxylic acids is 1. The summed E-state index contributed by atoms with van der Waals surface area (Å²) in [5.41, 5.74) is 1.92. The van der Waals surface area contributed by atoms with Crippen LogP contribution in [0.1, 0.15) is 25.6 Å². The highest BCUT2D eigenvalue weighted by Crippen LogP contribution is 2.35. The van der Waals surface area contributed by atoms with Gasteiger partial charge in [-0.1, -0.05) is 12.1 Å². The van der Waals surface area contributed by atoms with Crippen LogP contribution in [0.25, 0.3) is 11.0 Å². The maximum absolute atomic E-state index is 13.2. The lowest BCUT2D eigenvalue weighted by molar-refractivity contribution is -0.138. The highest BCUT2D eigenvalue weighted by molar-refractivity contribution is 7.99. The van der Waals surface area contributed by atoms with Gasteiger partial charge in [0.05, 0.1) is 36.4 Å². The van der Waals surface area contributed by atoms with Crippen molar-refractivity contribution in [1.29, 1.82) is 0 Å². The largest absolute Gasteiger partial charge is 0.486 e. The monoisotopic (exact) mass is 578 g/mol. The summed E-state index contributed by atoms with van der Waals surface area (Å²) < 4.78 is 41.9. The normalized spacial score (nSPS) is 13.9. The number of methoxy groups -OCH3 is 1. The van der Waals surface area contributed by atoms with E-state index in [-0.39, 0.29) is 33.9 Å². The summed E-state index contributed by atoms with van der Waals surface area (Å²) in [5, 5.41) is 11.2. The third kappa shape index (κ3) is 8.02. The molecule has 0 saturated carbocycles. The highest BCUT2D eigenvalue weighted by Gasteiger charge is 2.29. The van der Waals surface area contributed by atoms with Crippen LogP contribution in [0.3, 0.4) is 0 Å². The Hall–Kier alpha value is -3.46. The van der Waals surface area contributed by atoms with Gasteiger partial charge in [-0.25, -0.2) is 18.1 Å². The van der Waals surface area contributed by atoms with Crippen LogP contribution in [0, 0.1) is 0 Å². The van der Waals surface area contributed by atoms with Gasteiger partial charge in [-0.2, -0.15) is 0 Å². The number of nitrogens with zero attached hydrogens (tertiary/aromatic N) is 2. The van der Waals surface area contributed by atoms with Crippen LogP contribution < -0.4 is 14.8 Å². The second-order valence-electron chi connectivity index (χ2n) is 8.52. The number of anilines is 1. The van der Waals surface area contributed by atoms with Gasteiger partial charge in [-0.05, 0) is 31.2 Å². The Balaban J connectivity index is 2.01. The molecule has 3 aromatic rings. The average Bonchev–Trinajstić information content (AvgIpc) is 3.29. The van der Waals surface area contributed by atoms with Crippen LogP contribution in [0.2, 0.25) is 0 Å². The predicted octanol–water partition coefficient (Wildman–Crippen LogP) is 2.66. The topological polar surface area (TPSA) is 166 Å². The number of carbonyl (C=O) groups excluding carboxylic acids is 2. The van der Waals surface area contributed by atoms with Crippen molar-refractivity contribution in [2.24, 2.45) is 0 Å². The summed E-state index contributed by atoms with van der Waals surface area (Å²) >= 11 is 1.52. The molecule has 2 aromatic carbocycles. The maximum atomic E-state index is 13.2. The number of imidazole rings is 1. The SMILES string of the molecule is COCCSC([C@@H](C)Oc1cc(NC(C)=O)ccc1S(=O)(=O)NC(C=O)CC(=O)O)n1cnc2ccccc21. The fraction of sp³-hybridized carbons (Fsp3) is 0.360. The highest BCUT2D eigenvalue weighted by atomic mass is 32.2. The van der Waals surface area contributed by atoms with Crippen LogP contribution in [0.4, 0.5) is 5.69 Å². The molecule has 0 bridgehead atoms. The first-order chi connectivity index (χ1) is 18.6. The van der Waals surface area contributed by atoms with E-state index in [0.29, 0.717) is 12.4 Å². The Morgan fingerprint density at radius 2 is 1.97 bits per heavy atom. The molecule has 2 unspecified atom stereocenters. The summed E-state index contributed by atoms with van der Waals surface area (Å²) in [6.45, 7) is 3.55. The van der Waals surface area contributed by atoms with Crippen molar-refractivity contribution in [2.45, 2.75) is 42.7 Å². The van der Waals surface area contributed by atoms with Crippen molar-refractivity contribution >= 4 is 56.7 Å². The predicted molar refractivity (Wildman–Crippen MR) is 146 cm³/mol. The van der Waals surface area contributed by atoms with Gasteiger partial charge >= 0.3 is 5.97 Å². The third-order valence-corrected chi connectivity index (χ3v) is 8.35. The van der Waals surface area contributed by atoms with E-state index < -0.39 is 34.6 Å².